The molecule has 0 aromatic rings. The molecule has 0 unspecified atom stereocenters. The van der Waals surface area contributed by atoms with E-state index in [-0.39, 0.29) is 6.61 Å². The molecule has 0 fully saturated rings. The van der Waals surface area contributed by atoms with E-state index >= 15 is 0 Å². The third kappa shape index (κ3) is 18.7. The summed E-state index contributed by atoms with van der Waals surface area (Å²) in [6, 6.07) is 0. The number of phosphoric acid groups is 1. The zero-order valence-corrected chi connectivity index (χ0v) is 17.5. The Labute approximate surface area is 144 Å². The Kier molecular flexibility index (Phi) is 14.1. The van der Waals surface area contributed by atoms with Gasteiger partial charge in [-0.25, -0.2) is 0 Å². The van der Waals surface area contributed by atoms with E-state index in [9.17, 15) is 4.57 Å². The van der Waals surface area contributed by atoms with Crippen LogP contribution in [0.1, 0.15) is 77.6 Å². The number of hydrogen-bond donors (Lipinski definition) is 2. The summed E-state index contributed by atoms with van der Waals surface area (Å²) in [5.74, 6) is 0. The molecule has 2 N–H and O–H groups in total. The van der Waals surface area contributed by atoms with Gasteiger partial charge in [-0.2, -0.15) is 0 Å². The second-order valence-electron chi connectivity index (χ2n) is 7.52. The molecule has 0 aliphatic heterocycles. The van der Waals surface area contributed by atoms with Crippen molar-refractivity contribution in [3.05, 3.63) is 0 Å². The minimum atomic E-state index is -4.28. The van der Waals surface area contributed by atoms with Crippen LogP contribution in [-0.4, -0.2) is 42.0 Å². The van der Waals surface area contributed by atoms with Crippen LogP contribution >= 0.6 is 15.1 Å². The van der Waals surface area contributed by atoms with Gasteiger partial charge in [0.25, 0.3) is 0 Å². The molecule has 0 rings (SSSR count). The monoisotopic (exact) mass is 370 g/mol. The molecule has 0 aliphatic rings. The van der Waals surface area contributed by atoms with Gasteiger partial charge in [0.2, 0.25) is 0 Å². The van der Waals surface area contributed by atoms with Crippen molar-refractivity contribution in [2.75, 3.05) is 32.3 Å². The van der Waals surface area contributed by atoms with Crippen LogP contribution in [0.2, 0.25) is 0 Å². The maximum absolute atomic E-state index is 10.6. The predicted octanol–water partition coefficient (Wildman–Crippen LogP) is 5.42. The summed E-state index contributed by atoms with van der Waals surface area (Å²) < 4.78 is 15.1. The molecule has 0 aliphatic carbocycles. The first kappa shape index (κ1) is 23.5. The summed E-state index contributed by atoms with van der Waals surface area (Å²) in [5, 5.41) is 0. The van der Waals surface area contributed by atoms with E-state index in [1.165, 1.54) is 70.4 Å². The van der Waals surface area contributed by atoms with Crippen molar-refractivity contribution >= 4 is 15.1 Å². The van der Waals surface area contributed by atoms with Crippen molar-refractivity contribution in [1.82, 2.24) is 0 Å². The standard InChI is InChI=1S/C17H40O4P2/c1-4-5-6-7-8-9-10-11-12-13-16-22(2,3)17-14-15-21-23(18,19)20/h22H,4-17H2,1-3H3,(H2,18,19,20). The Balaban J connectivity index is 3.43. The van der Waals surface area contributed by atoms with Gasteiger partial charge in [-0.05, 0) is 0 Å². The van der Waals surface area contributed by atoms with Crippen LogP contribution in [0.5, 0.6) is 0 Å². The third-order valence-corrected chi connectivity index (χ3v) is 8.40. The molecule has 0 saturated carbocycles. The number of rotatable bonds is 16. The van der Waals surface area contributed by atoms with Gasteiger partial charge in [0.1, 0.15) is 0 Å². The zero-order valence-electron chi connectivity index (χ0n) is 15.6. The Morgan fingerprint density at radius 1 is 0.783 bits per heavy atom. The first-order valence-electron chi connectivity index (χ1n) is 9.47. The van der Waals surface area contributed by atoms with Gasteiger partial charge >= 0.3 is 144 Å². The Morgan fingerprint density at radius 2 is 1.22 bits per heavy atom. The topological polar surface area (TPSA) is 66.8 Å². The molecule has 6 heteroatoms. The molecule has 23 heavy (non-hydrogen) atoms. The van der Waals surface area contributed by atoms with Crippen molar-refractivity contribution in [1.29, 1.82) is 0 Å². The van der Waals surface area contributed by atoms with Crippen LogP contribution in [0, 0.1) is 0 Å². The van der Waals surface area contributed by atoms with Crippen LogP contribution in [0.25, 0.3) is 0 Å². The zero-order chi connectivity index (χ0) is 17.6. The fraction of sp³-hybridized carbons (Fsp3) is 1.00. The van der Waals surface area contributed by atoms with E-state index in [0.717, 1.165) is 12.6 Å². The van der Waals surface area contributed by atoms with E-state index in [1.54, 1.807) is 0 Å². The summed E-state index contributed by atoms with van der Waals surface area (Å²) >= 11 is 0. The van der Waals surface area contributed by atoms with Gasteiger partial charge in [0, 0.05) is 0 Å². The average molecular weight is 370 g/mol. The molecule has 0 atom stereocenters. The van der Waals surface area contributed by atoms with E-state index < -0.39 is 15.1 Å². The van der Waals surface area contributed by atoms with Crippen molar-refractivity contribution in [2.45, 2.75) is 77.6 Å². The van der Waals surface area contributed by atoms with E-state index in [4.69, 9.17) is 9.79 Å². The molecule has 0 aromatic carbocycles. The molecule has 0 amide bonds. The summed E-state index contributed by atoms with van der Waals surface area (Å²) in [7, 11) is -5.50. The average Bonchev–Trinajstić information content (AvgIpc) is 2.45. The summed E-state index contributed by atoms with van der Waals surface area (Å²) in [5.41, 5.74) is 0. The molecular weight excluding hydrogens is 330 g/mol. The number of hydrogen-bond acceptors (Lipinski definition) is 2. The van der Waals surface area contributed by atoms with Crippen molar-refractivity contribution in [3.8, 4) is 0 Å². The number of unbranched alkanes of at least 4 members (excludes halogenated alkanes) is 9. The molecule has 0 bridgehead atoms. The second kappa shape index (κ2) is 13.8. The Morgan fingerprint density at radius 3 is 1.70 bits per heavy atom. The molecule has 0 radical (unpaired) electrons. The molecule has 0 aromatic heterocycles. The molecule has 142 valence electrons. The molecule has 0 spiro atoms. The third-order valence-electron chi connectivity index (χ3n) is 4.46. The molecule has 0 saturated heterocycles. The first-order chi connectivity index (χ1) is 10.8. The van der Waals surface area contributed by atoms with E-state index in [1.807, 2.05) is 0 Å². The van der Waals surface area contributed by atoms with Crippen LogP contribution in [0.3, 0.4) is 0 Å². The summed E-state index contributed by atoms with van der Waals surface area (Å²) in [6.07, 6.45) is 16.9. The molecule has 4 nitrogen and oxygen atoms in total. The Hall–Kier alpha value is 0.540. The van der Waals surface area contributed by atoms with Crippen molar-refractivity contribution in [2.24, 2.45) is 0 Å². The minimum absolute atomic E-state index is 0.179. The van der Waals surface area contributed by atoms with Gasteiger partial charge in [0.05, 0.1) is 0 Å². The molecule has 0 heterocycles. The quantitative estimate of drug-likeness (QED) is 0.281. The first-order valence-corrected chi connectivity index (χ1v) is 14.4. The summed E-state index contributed by atoms with van der Waals surface area (Å²) in [6.45, 7) is 7.19. The predicted molar refractivity (Wildman–Crippen MR) is 104 cm³/mol. The fourth-order valence-electron chi connectivity index (χ4n) is 2.95. The normalized spacial score (nSPS) is 13.4. The van der Waals surface area contributed by atoms with E-state index in [0.29, 0.717) is 0 Å². The van der Waals surface area contributed by atoms with Crippen LogP contribution < -0.4 is 0 Å². The number of phosphoric ester groups is 1. The van der Waals surface area contributed by atoms with Crippen LogP contribution in [0.15, 0.2) is 0 Å². The SMILES string of the molecule is CCCCCCCCCCCC[PH](C)(C)CCCOP(=O)(O)O. The van der Waals surface area contributed by atoms with Gasteiger partial charge in [-0.3, -0.25) is 0 Å². The second-order valence-corrected chi connectivity index (χ2v) is 14.1. The van der Waals surface area contributed by atoms with E-state index in [2.05, 4.69) is 24.8 Å². The van der Waals surface area contributed by atoms with Crippen molar-refractivity contribution in [3.63, 3.8) is 0 Å². The van der Waals surface area contributed by atoms with Crippen LogP contribution in [0.4, 0.5) is 0 Å². The van der Waals surface area contributed by atoms with Gasteiger partial charge < -0.3 is 0 Å². The van der Waals surface area contributed by atoms with Gasteiger partial charge in [0.15, 0.2) is 0 Å². The Bertz CT molecular complexity index is 316. The van der Waals surface area contributed by atoms with Crippen molar-refractivity contribution < 1.29 is 18.9 Å². The fourth-order valence-corrected chi connectivity index (χ4v) is 5.88. The maximum atomic E-state index is 10.6. The molecular formula is C17H40O4P2. The van der Waals surface area contributed by atoms with Crippen LogP contribution in [-0.2, 0) is 9.09 Å². The summed E-state index contributed by atoms with van der Waals surface area (Å²) in [4.78, 5) is 17.3. The van der Waals surface area contributed by atoms with Gasteiger partial charge in [-0.1, -0.05) is 0 Å². The van der Waals surface area contributed by atoms with Gasteiger partial charge in [-0.15, -0.1) is 0 Å².